The SMILES string of the molecule is Cc1cc(CO)cc(N2CCSC(C)C2)n1. The van der Waals surface area contributed by atoms with Gasteiger partial charge in [0.05, 0.1) is 6.61 Å². The molecule has 1 aromatic heterocycles. The van der Waals surface area contributed by atoms with Crippen molar-refractivity contribution in [1.29, 1.82) is 0 Å². The summed E-state index contributed by atoms with van der Waals surface area (Å²) in [6, 6.07) is 3.93. The molecule has 1 N–H and O–H groups in total. The van der Waals surface area contributed by atoms with Crippen molar-refractivity contribution in [3.8, 4) is 0 Å². The number of anilines is 1. The van der Waals surface area contributed by atoms with Gasteiger partial charge in [0.1, 0.15) is 5.82 Å². The highest BCUT2D eigenvalue weighted by molar-refractivity contribution is 8.00. The summed E-state index contributed by atoms with van der Waals surface area (Å²) in [7, 11) is 0. The third-order valence-electron chi connectivity index (χ3n) is 2.75. The van der Waals surface area contributed by atoms with Crippen molar-refractivity contribution in [1.82, 2.24) is 4.98 Å². The van der Waals surface area contributed by atoms with Gasteiger partial charge in [0.15, 0.2) is 0 Å². The Balaban J connectivity index is 2.21. The van der Waals surface area contributed by atoms with Gasteiger partial charge in [0.2, 0.25) is 0 Å². The molecule has 1 unspecified atom stereocenters. The molecule has 0 aromatic carbocycles. The predicted molar refractivity (Wildman–Crippen MR) is 69.0 cm³/mol. The van der Waals surface area contributed by atoms with Gasteiger partial charge in [-0.15, -0.1) is 0 Å². The molecule has 4 heteroatoms. The van der Waals surface area contributed by atoms with Crippen molar-refractivity contribution in [3.63, 3.8) is 0 Å². The minimum absolute atomic E-state index is 0.0918. The van der Waals surface area contributed by atoms with E-state index in [4.69, 9.17) is 0 Å². The Labute approximate surface area is 101 Å². The van der Waals surface area contributed by atoms with E-state index in [-0.39, 0.29) is 6.61 Å². The third kappa shape index (κ3) is 2.68. The van der Waals surface area contributed by atoms with E-state index >= 15 is 0 Å². The normalized spacial score (nSPS) is 21.2. The zero-order chi connectivity index (χ0) is 11.5. The molecule has 0 radical (unpaired) electrons. The van der Waals surface area contributed by atoms with Gasteiger partial charge in [0, 0.05) is 29.8 Å². The molecule has 1 atom stereocenters. The number of aromatic nitrogens is 1. The first-order valence-electron chi connectivity index (χ1n) is 5.64. The van der Waals surface area contributed by atoms with E-state index in [1.165, 1.54) is 0 Å². The smallest absolute Gasteiger partial charge is 0.129 e. The van der Waals surface area contributed by atoms with Crippen molar-refractivity contribution in [2.45, 2.75) is 25.7 Å². The molecular weight excluding hydrogens is 220 g/mol. The molecule has 0 aliphatic carbocycles. The summed E-state index contributed by atoms with van der Waals surface area (Å²) in [4.78, 5) is 6.86. The monoisotopic (exact) mass is 238 g/mol. The lowest BCUT2D eigenvalue weighted by atomic mass is 10.2. The number of rotatable bonds is 2. The largest absolute Gasteiger partial charge is 0.392 e. The quantitative estimate of drug-likeness (QED) is 0.852. The Morgan fingerprint density at radius 2 is 2.38 bits per heavy atom. The van der Waals surface area contributed by atoms with Crippen molar-refractivity contribution >= 4 is 17.6 Å². The van der Waals surface area contributed by atoms with Crippen molar-refractivity contribution in [3.05, 3.63) is 23.4 Å². The van der Waals surface area contributed by atoms with E-state index in [0.29, 0.717) is 5.25 Å². The van der Waals surface area contributed by atoms with Crippen LogP contribution in [-0.2, 0) is 6.61 Å². The van der Waals surface area contributed by atoms with Crippen LogP contribution in [0.5, 0.6) is 0 Å². The molecule has 88 valence electrons. The van der Waals surface area contributed by atoms with Crippen LogP contribution in [0.15, 0.2) is 12.1 Å². The van der Waals surface area contributed by atoms with Crippen LogP contribution in [0.3, 0.4) is 0 Å². The first-order valence-corrected chi connectivity index (χ1v) is 6.69. The number of pyridine rings is 1. The third-order valence-corrected chi connectivity index (χ3v) is 3.88. The Morgan fingerprint density at radius 1 is 1.56 bits per heavy atom. The molecule has 1 saturated heterocycles. The molecule has 0 amide bonds. The Kier molecular flexibility index (Phi) is 3.71. The summed E-state index contributed by atoms with van der Waals surface area (Å²) >= 11 is 2.01. The van der Waals surface area contributed by atoms with Crippen LogP contribution in [0.25, 0.3) is 0 Å². The maximum absolute atomic E-state index is 9.19. The molecule has 3 nitrogen and oxygen atoms in total. The first kappa shape index (κ1) is 11.7. The van der Waals surface area contributed by atoms with E-state index in [1.807, 2.05) is 30.8 Å². The number of thioether (sulfide) groups is 1. The summed E-state index contributed by atoms with van der Waals surface area (Å²) in [5.74, 6) is 2.17. The van der Waals surface area contributed by atoms with Gasteiger partial charge in [-0.05, 0) is 24.6 Å². The number of aliphatic hydroxyl groups excluding tert-OH is 1. The van der Waals surface area contributed by atoms with Gasteiger partial charge < -0.3 is 10.0 Å². The number of hydrogen-bond acceptors (Lipinski definition) is 4. The van der Waals surface area contributed by atoms with Crippen LogP contribution >= 0.6 is 11.8 Å². The molecule has 2 heterocycles. The average Bonchev–Trinajstić information content (AvgIpc) is 2.28. The fraction of sp³-hybridized carbons (Fsp3) is 0.583. The number of aryl methyl sites for hydroxylation is 1. The van der Waals surface area contributed by atoms with E-state index in [9.17, 15) is 5.11 Å². The highest BCUT2D eigenvalue weighted by Gasteiger charge is 2.18. The van der Waals surface area contributed by atoms with Crippen LogP contribution in [0.4, 0.5) is 5.82 Å². The number of nitrogens with zero attached hydrogens (tertiary/aromatic N) is 2. The average molecular weight is 238 g/mol. The minimum Gasteiger partial charge on any atom is -0.392 e. The zero-order valence-electron chi connectivity index (χ0n) is 9.81. The summed E-state index contributed by atoms with van der Waals surface area (Å²) in [6.45, 7) is 6.42. The highest BCUT2D eigenvalue weighted by Crippen LogP contribution is 2.23. The van der Waals surface area contributed by atoms with Crippen LogP contribution in [0, 0.1) is 6.92 Å². The van der Waals surface area contributed by atoms with Gasteiger partial charge in [-0.3, -0.25) is 0 Å². The molecular formula is C12H18N2OS. The van der Waals surface area contributed by atoms with E-state index in [1.54, 1.807) is 0 Å². The molecule has 2 rings (SSSR count). The molecule has 1 fully saturated rings. The summed E-state index contributed by atoms with van der Waals surface area (Å²) in [5.41, 5.74) is 1.93. The van der Waals surface area contributed by atoms with Crippen molar-refractivity contribution in [2.24, 2.45) is 0 Å². The molecule has 0 saturated carbocycles. The molecule has 1 aliphatic rings. The maximum atomic E-state index is 9.19. The van der Waals surface area contributed by atoms with Gasteiger partial charge in [-0.2, -0.15) is 11.8 Å². The molecule has 1 aromatic rings. The molecule has 16 heavy (non-hydrogen) atoms. The van der Waals surface area contributed by atoms with E-state index in [2.05, 4.69) is 16.8 Å². The standard InChI is InChI=1S/C12H18N2OS/c1-9-5-11(8-15)6-12(13-9)14-3-4-16-10(2)7-14/h5-6,10,15H,3-4,7-8H2,1-2H3. The van der Waals surface area contributed by atoms with Gasteiger partial charge in [0.25, 0.3) is 0 Å². The van der Waals surface area contributed by atoms with E-state index < -0.39 is 0 Å². The highest BCUT2D eigenvalue weighted by atomic mass is 32.2. The van der Waals surface area contributed by atoms with Gasteiger partial charge in [-0.1, -0.05) is 6.92 Å². The summed E-state index contributed by atoms with van der Waals surface area (Å²) < 4.78 is 0. The Hall–Kier alpha value is -0.740. The van der Waals surface area contributed by atoms with Gasteiger partial charge >= 0.3 is 0 Å². The molecule has 1 aliphatic heterocycles. The zero-order valence-corrected chi connectivity index (χ0v) is 10.6. The van der Waals surface area contributed by atoms with Crippen molar-refractivity contribution < 1.29 is 5.11 Å². The Morgan fingerprint density at radius 3 is 3.06 bits per heavy atom. The second kappa shape index (κ2) is 5.06. The van der Waals surface area contributed by atoms with Crippen LogP contribution in [0.1, 0.15) is 18.2 Å². The topological polar surface area (TPSA) is 36.4 Å². The lowest BCUT2D eigenvalue weighted by Gasteiger charge is -2.31. The lowest BCUT2D eigenvalue weighted by Crippen LogP contribution is -2.37. The fourth-order valence-corrected chi connectivity index (χ4v) is 3.01. The van der Waals surface area contributed by atoms with Crippen molar-refractivity contribution in [2.75, 3.05) is 23.7 Å². The lowest BCUT2D eigenvalue weighted by molar-refractivity contribution is 0.281. The predicted octanol–water partition coefficient (Wildman–Crippen LogP) is 1.82. The number of hydrogen-bond donors (Lipinski definition) is 1. The molecule has 0 bridgehead atoms. The maximum Gasteiger partial charge on any atom is 0.129 e. The Bertz CT molecular complexity index is 370. The molecule has 0 spiro atoms. The van der Waals surface area contributed by atoms with Crippen LogP contribution < -0.4 is 4.90 Å². The second-order valence-corrected chi connectivity index (χ2v) is 5.81. The minimum atomic E-state index is 0.0918. The fourth-order valence-electron chi connectivity index (χ4n) is 2.00. The van der Waals surface area contributed by atoms with Gasteiger partial charge in [-0.25, -0.2) is 4.98 Å². The second-order valence-electron chi connectivity index (χ2n) is 4.26. The number of aliphatic hydroxyl groups is 1. The van der Waals surface area contributed by atoms with Crippen LogP contribution in [-0.4, -0.2) is 34.2 Å². The summed E-state index contributed by atoms with van der Waals surface area (Å²) in [6.07, 6.45) is 0. The van der Waals surface area contributed by atoms with E-state index in [0.717, 1.165) is 35.9 Å². The van der Waals surface area contributed by atoms with Crippen LogP contribution in [0.2, 0.25) is 0 Å². The first-order chi connectivity index (χ1) is 7.69. The summed E-state index contributed by atoms with van der Waals surface area (Å²) in [5, 5.41) is 9.85.